The number of ether oxygens (including phenoxy) is 2. The third kappa shape index (κ3) is 3.02. The van der Waals surface area contributed by atoms with Crippen LogP contribution in [0.4, 0.5) is 0 Å². The van der Waals surface area contributed by atoms with E-state index in [9.17, 15) is 0 Å². The fourth-order valence-corrected chi connectivity index (χ4v) is 6.56. The monoisotopic (exact) mass is 511 g/mol. The Kier molecular flexibility index (Phi) is 4.41. The molecule has 1 aromatic heterocycles. The minimum absolute atomic E-state index is 0.0895. The highest BCUT2D eigenvalue weighted by Crippen LogP contribution is 2.39. The Morgan fingerprint density at radius 3 is 1.52 bits per heavy atom. The first kappa shape index (κ1) is 21.7. The number of aromatic nitrogens is 1. The van der Waals surface area contributed by atoms with E-state index in [0.29, 0.717) is 0 Å². The van der Waals surface area contributed by atoms with E-state index >= 15 is 0 Å². The first-order chi connectivity index (χ1) is 19.8. The summed E-state index contributed by atoms with van der Waals surface area (Å²) in [4.78, 5) is 0. The van der Waals surface area contributed by atoms with Gasteiger partial charge < -0.3 is 14.0 Å². The van der Waals surface area contributed by atoms with Crippen LogP contribution >= 0.6 is 0 Å². The van der Waals surface area contributed by atoms with Crippen LogP contribution in [-0.2, 0) is 0 Å². The van der Waals surface area contributed by atoms with Gasteiger partial charge in [-0.2, -0.15) is 0 Å². The van der Waals surface area contributed by atoms with Crippen molar-refractivity contribution in [3.63, 3.8) is 0 Å². The van der Waals surface area contributed by atoms with Crippen molar-refractivity contribution in [2.75, 3.05) is 0 Å². The number of hydrogen-bond acceptors (Lipinski definition) is 2. The molecule has 40 heavy (non-hydrogen) atoms. The first-order valence-electron chi connectivity index (χ1n) is 13.6. The van der Waals surface area contributed by atoms with Crippen molar-refractivity contribution in [3.8, 4) is 39.8 Å². The molecule has 0 atom stereocenters. The molecule has 3 heterocycles. The molecule has 0 N–H and O–H groups in total. The lowest BCUT2D eigenvalue weighted by molar-refractivity contribution is 0.465. The summed E-state index contributed by atoms with van der Waals surface area (Å²) < 4.78 is 15.3. The van der Waals surface area contributed by atoms with Gasteiger partial charge in [0.25, 0.3) is 6.71 Å². The molecule has 0 radical (unpaired) electrons. The summed E-state index contributed by atoms with van der Waals surface area (Å²) in [6.45, 7) is 0.0895. The molecule has 0 saturated heterocycles. The summed E-state index contributed by atoms with van der Waals surface area (Å²) >= 11 is 0. The summed E-state index contributed by atoms with van der Waals surface area (Å²) in [5.41, 5.74) is 9.19. The van der Waals surface area contributed by atoms with Crippen LogP contribution in [0.25, 0.3) is 38.6 Å². The Balaban J connectivity index is 1.18. The summed E-state index contributed by atoms with van der Waals surface area (Å²) in [7, 11) is 0. The van der Waals surface area contributed by atoms with Gasteiger partial charge in [-0.3, -0.25) is 0 Å². The van der Waals surface area contributed by atoms with Crippen LogP contribution in [0.3, 0.4) is 0 Å². The molecular weight excluding hydrogens is 489 g/mol. The van der Waals surface area contributed by atoms with Gasteiger partial charge in [0.15, 0.2) is 0 Å². The second-order valence-corrected chi connectivity index (χ2v) is 10.5. The van der Waals surface area contributed by atoms with E-state index in [4.69, 9.17) is 9.47 Å². The second-order valence-electron chi connectivity index (χ2n) is 10.5. The van der Waals surface area contributed by atoms with Crippen molar-refractivity contribution in [2.45, 2.75) is 0 Å². The van der Waals surface area contributed by atoms with Gasteiger partial charge >= 0.3 is 0 Å². The number of rotatable bonds is 2. The zero-order valence-electron chi connectivity index (χ0n) is 21.5. The summed E-state index contributed by atoms with van der Waals surface area (Å²) in [5, 5.41) is 2.53. The summed E-state index contributed by atoms with van der Waals surface area (Å²) in [6, 6.07) is 47.0. The molecule has 2 aliphatic heterocycles. The minimum atomic E-state index is 0.0895. The largest absolute Gasteiger partial charge is 0.458 e. The van der Waals surface area contributed by atoms with Gasteiger partial charge in [-0.05, 0) is 70.6 Å². The molecular formula is C36H22BNO2. The molecule has 7 aromatic rings. The highest BCUT2D eigenvalue weighted by molar-refractivity contribution is 6.98. The average Bonchev–Trinajstić information content (AvgIpc) is 3.35. The molecule has 0 amide bonds. The minimum Gasteiger partial charge on any atom is -0.458 e. The lowest BCUT2D eigenvalue weighted by atomic mass is 9.35. The maximum atomic E-state index is 6.50. The number of fused-ring (bicyclic) bond motifs is 7. The van der Waals surface area contributed by atoms with E-state index in [0.717, 1.165) is 45.3 Å². The fraction of sp³-hybridized carbons (Fsp3) is 0. The van der Waals surface area contributed by atoms with Crippen LogP contribution in [-0.4, -0.2) is 11.3 Å². The van der Waals surface area contributed by atoms with Gasteiger partial charge in [-0.25, -0.2) is 0 Å². The Morgan fingerprint density at radius 2 is 0.950 bits per heavy atom. The molecule has 0 unspecified atom stereocenters. The standard InChI is InChI=1S/C36H22BNO2/c1-5-13-30-26(9-1)27-10-2-6-14-31(27)38(30)25-19-17-23(18-20-25)24-21-34-36-35(22-24)40-33-16-8-4-12-29(33)37(36)28-11-3-7-15-32(28)39-34/h1-22H. The van der Waals surface area contributed by atoms with Crippen molar-refractivity contribution in [1.82, 2.24) is 4.57 Å². The molecule has 3 nitrogen and oxygen atoms in total. The number of nitrogens with zero attached hydrogens (tertiary/aromatic N) is 1. The van der Waals surface area contributed by atoms with Gasteiger partial charge in [0, 0.05) is 21.9 Å². The Hall–Kier alpha value is -5.22. The Morgan fingerprint density at radius 1 is 0.450 bits per heavy atom. The van der Waals surface area contributed by atoms with Crippen LogP contribution in [0.15, 0.2) is 133 Å². The molecule has 0 saturated carbocycles. The second kappa shape index (κ2) is 8.14. The van der Waals surface area contributed by atoms with E-state index in [1.54, 1.807) is 0 Å². The third-order valence-electron chi connectivity index (χ3n) is 8.33. The van der Waals surface area contributed by atoms with Crippen molar-refractivity contribution < 1.29 is 9.47 Å². The predicted octanol–water partition coefficient (Wildman–Crippen LogP) is 7.18. The molecule has 4 heteroatoms. The maximum absolute atomic E-state index is 6.50. The molecule has 6 aromatic carbocycles. The van der Waals surface area contributed by atoms with Crippen LogP contribution in [0, 0.1) is 0 Å². The molecule has 0 aliphatic carbocycles. The molecule has 0 spiro atoms. The van der Waals surface area contributed by atoms with Crippen LogP contribution in [0.1, 0.15) is 0 Å². The molecule has 0 fully saturated rings. The van der Waals surface area contributed by atoms with Gasteiger partial charge in [-0.1, -0.05) is 84.9 Å². The number of hydrogen-bond donors (Lipinski definition) is 0. The zero-order chi connectivity index (χ0) is 26.2. The molecule has 9 rings (SSSR count). The molecule has 0 bridgehead atoms. The number of benzene rings is 6. The van der Waals surface area contributed by atoms with E-state index in [-0.39, 0.29) is 6.71 Å². The van der Waals surface area contributed by atoms with E-state index in [1.807, 2.05) is 12.1 Å². The summed E-state index contributed by atoms with van der Waals surface area (Å²) in [6.07, 6.45) is 0. The summed E-state index contributed by atoms with van der Waals surface area (Å²) in [5.74, 6) is 3.53. The quantitative estimate of drug-likeness (QED) is 0.230. The van der Waals surface area contributed by atoms with Crippen LogP contribution in [0.2, 0.25) is 0 Å². The topological polar surface area (TPSA) is 23.4 Å². The lowest BCUT2D eigenvalue weighted by Crippen LogP contribution is -2.57. The van der Waals surface area contributed by atoms with Crippen LogP contribution < -0.4 is 25.9 Å². The molecule has 186 valence electrons. The van der Waals surface area contributed by atoms with Crippen molar-refractivity contribution in [2.24, 2.45) is 0 Å². The SMILES string of the molecule is c1ccc2c(c1)Oc1cc(-c3ccc(-n4c5ccccc5c5ccccc54)cc3)cc3c1B2c1ccccc1O3. The zero-order valence-corrected chi connectivity index (χ0v) is 21.5. The number of para-hydroxylation sites is 4. The van der Waals surface area contributed by atoms with Gasteiger partial charge in [0.1, 0.15) is 23.0 Å². The predicted molar refractivity (Wildman–Crippen MR) is 164 cm³/mol. The van der Waals surface area contributed by atoms with E-state index in [2.05, 4.69) is 126 Å². The fourth-order valence-electron chi connectivity index (χ4n) is 6.56. The molecule has 2 aliphatic rings. The third-order valence-corrected chi connectivity index (χ3v) is 8.33. The normalized spacial score (nSPS) is 12.8. The highest BCUT2D eigenvalue weighted by atomic mass is 16.5. The van der Waals surface area contributed by atoms with Crippen molar-refractivity contribution in [1.29, 1.82) is 0 Å². The van der Waals surface area contributed by atoms with Crippen molar-refractivity contribution >= 4 is 44.9 Å². The highest BCUT2D eigenvalue weighted by Gasteiger charge is 2.40. The van der Waals surface area contributed by atoms with Crippen LogP contribution in [0.5, 0.6) is 23.0 Å². The Bertz CT molecular complexity index is 2000. The van der Waals surface area contributed by atoms with Gasteiger partial charge in [0.05, 0.1) is 11.0 Å². The smallest absolute Gasteiger partial charge is 0.260 e. The average molecular weight is 511 g/mol. The Labute approximate surface area is 231 Å². The van der Waals surface area contributed by atoms with E-state index in [1.165, 1.54) is 32.7 Å². The van der Waals surface area contributed by atoms with Crippen molar-refractivity contribution in [3.05, 3.63) is 133 Å². The maximum Gasteiger partial charge on any atom is 0.260 e. The first-order valence-corrected chi connectivity index (χ1v) is 13.6. The van der Waals surface area contributed by atoms with E-state index < -0.39 is 0 Å². The van der Waals surface area contributed by atoms with Gasteiger partial charge in [-0.15, -0.1) is 0 Å². The van der Waals surface area contributed by atoms with Gasteiger partial charge in [0.2, 0.25) is 0 Å². The lowest BCUT2D eigenvalue weighted by Gasteiger charge is -2.33.